The smallest absolute Gasteiger partial charge is 0.381 e. The summed E-state index contributed by atoms with van der Waals surface area (Å²) in [6.45, 7) is 0. The Kier molecular flexibility index (Phi) is 2.14. The summed E-state index contributed by atoms with van der Waals surface area (Å²) in [4.78, 5) is 0. The molecule has 0 amide bonds. The molecule has 2 N–H and O–H groups in total. The molecular weight excluding hydrogens is 225 g/mol. The molecule has 0 saturated carbocycles. The van der Waals surface area contributed by atoms with Crippen molar-refractivity contribution in [3.05, 3.63) is 17.8 Å². The van der Waals surface area contributed by atoms with E-state index < -0.39 is 11.9 Å². The molecule has 0 radical (unpaired) electrons. The van der Waals surface area contributed by atoms with Gasteiger partial charge in [-0.2, -0.15) is 18.3 Å². The molecule has 0 bridgehead atoms. The summed E-state index contributed by atoms with van der Waals surface area (Å²) in [5, 5.41) is 6.72. The fourth-order valence-electron chi connectivity index (χ4n) is 1.25. The van der Waals surface area contributed by atoms with Crippen LogP contribution < -0.4 is 5.73 Å². The van der Waals surface area contributed by atoms with Crippen LogP contribution in [0.2, 0.25) is 0 Å². The molecule has 2 rings (SSSR count). The van der Waals surface area contributed by atoms with Crippen LogP contribution in [0.3, 0.4) is 0 Å². The highest BCUT2D eigenvalue weighted by atomic mass is 19.4. The van der Waals surface area contributed by atoms with E-state index in [2.05, 4.69) is 10.3 Å². The van der Waals surface area contributed by atoms with Crippen molar-refractivity contribution in [2.24, 2.45) is 7.05 Å². The van der Waals surface area contributed by atoms with Gasteiger partial charge in [0, 0.05) is 13.1 Å². The molecule has 2 aromatic rings. The third-order valence-electron chi connectivity index (χ3n) is 1.95. The Balaban J connectivity index is 2.47. The van der Waals surface area contributed by atoms with E-state index in [1.807, 2.05) is 0 Å². The van der Waals surface area contributed by atoms with Crippen LogP contribution in [-0.2, 0) is 13.2 Å². The average Bonchev–Trinajstić information content (AvgIpc) is 2.70. The molecule has 0 unspecified atom stereocenters. The van der Waals surface area contributed by atoms with Crippen molar-refractivity contribution in [2.75, 3.05) is 5.73 Å². The zero-order chi connectivity index (χ0) is 11.9. The van der Waals surface area contributed by atoms with E-state index in [0.717, 1.165) is 10.7 Å². The molecular formula is C8H7F3N4O. The van der Waals surface area contributed by atoms with Gasteiger partial charge in [0.15, 0.2) is 17.3 Å². The molecule has 0 saturated heterocycles. The van der Waals surface area contributed by atoms with E-state index in [0.29, 0.717) is 0 Å². The summed E-state index contributed by atoms with van der Waals surface area (Å²) in [5.74, 6) is 0.243. The van der Waals surface area contributed by atoms with E-state index in [-0.39, 0.29) is 17.3 Å². The molecule has 0 aliphatic rings. The maximum absolute atomic E-state index is 12.4. The number of alkyl halides is 3. The summed E-state index contributed by atoms with van der Waals surface area (Å²) < 4.78 is 42.9. The largest absolute Gasteiger partial charge is 0.435 e. The third kappa shape index (κ3) is 1.73. The van der Waals surface area contributed by atoms with Crippen molar-refractivity contribution in [3.8, 4) is 11.5 Å². The number of rotatable bonds is 1. The molecule has 0 aromatic carbocycles. The summed E-state index contributed by atoms with van der Waals surface area (Å²) in [6, 6.07) is 2.21. The predicted octanol–water partition coefficient (Wildman–Crippen LogP) is 1.68. The number of anilines is 1. The predicted molar refractivity (Wildman–Crippen MR) is 48.1 cm³/mol. The first-order valence-corrected chi connectivity index (χ1v) is 4.22. The van der Waals surface area contributed by atoms with Crippen LogP contribution in [0.4, 0.5) is 19.0 Å². The number of nitrogens with zero attached hydrogens (tertiary/aromatic N) is 3. The van der Waals surface area contributed by atoms with Gasteiger partial charge in [0.2, 0.25) is 0 Å². The van der Waals surface area contributed by atoms with Crippen molar-refractivity contribution >= 4 is 5.82 Å². The molecule has 0 fully saturated rings. The quantitative estimate of drug-likeness (QED) is 0.811. The minimum Gasteiger partial charge on any atom is -0.381 e. The van der Waals surface area contributed by atoms with Gasteiger partial charge in [-0.3, -0.25) is 4.68 Å². The van der Waals surface area contributed by atoms with Crippen LogP contribution >= 0.6 is 0 Å². The van der Waals surface area contributed by atoms with Crippen molar-refractivity contribution in [3.63, 3.8) is 0 Å². The second-order valence-electron chi connectivity index (χ2n) is 3.15. The first kappa shape index (κ1) is 10.5. The standard InChI is InChI=1S/C8H7F3N4O/c1-15-4(5-3-7(12)14-16-5)2-6(13-15)8(9,10)11/h2-3H,1H3,(H2,12,14). The molecule has 86 valence electrons. The lowest BCUT2D eigenvalue weighted by Crippen LogP contribution is -2.06. The number of halogens is 3. The van der Waals surface area contributed by atoms with Gasteiger partial charge in [-0.25, -0.2) is 0 Å². The van der Waals surface area contributed by atoms with Crippen LogP contribution in [0.1, 0.15) is 5.69 Å². The second kappa shape index (κ2) is 3.26. The number of hydrogen-bond donors (Lipinski definition) is 1. The molecule has 2 heterocycles. The fraction of sp³-hybridized carbons (Fsp3) is 0.250. The Morgan fingerprint density at radius 1 is 1.38 bits per heavy atom. The Labute approximate surface area is 87.6 Å². The SMILES string of the molecule is Cn1nc(C(F)(F)F)cc1-c1cc(N)no1. The van der Waals surface area contributed by atoms with Gasteiger partial charge in [0.25, 0.3) is 0 Å². The van der Waals surface area contributed by atoms with E-state index in [1.165, 1.54) is 13.1 Å². The van der Waals surface area contributed by atoms with Gasteiger partial charge in [-0.05, 0) is 6.07 Å². The van der Waals surface area contributed by atoms with Gasteiger partial charge in [0.05, 0.1) is 0 Å². The Hall–Kier alpha value is -1.99. The maximum atomic E-state index is 12.4. The number of aryl methyl sites for hydroxylation is 1. The number of nitrogens with two attached hydrogens (primary N) is 1. The zero-order valence-electron chi connectivity index (χ0n) is 8.12. The highest BCUT2D eigenvalue weighted by molar-refractivity contribution is 5.56. The number of nitrogen functional groups attached to an aromatic ring is 1. The number of aromatic nitrogens is 3. The van der Waals surface area contributed by atoms with Gasteiger partial charge >= 0.3 is 6.18 Å². The van der Waals surface area contributed by atoms with Crippen LogP contribution in [-0.4, -0.2) is 14.9 Å². The van der Waals surface area contributed by atoms with Gasteiger partial charge in [0.1, 0.15) is 5.69 Å². The van der Waals surface area contributed by atoms with Crippen molar-refractivity contribution in [2.45, 2.75) is 6.18 Å². The van der Waals surface area contributed by atoms with E-state index >= 15 is 0 Å². The van der Waals surface area contributed by atoms with Gasteiger partial charge in [-0.15, -0.1) is 0 Å². The monoisotopic (exact) mass is 232 g/mol. The minimum absolute atomic E-state index is 0.102. The minimum atomic E-state index is -4.48. The molecule has 16 heavy (non-hydrogen) atoms. The topological polar surface area (TPSA) is 69.9 Å². The van der Waals surface area contributed by atoms with E-state index in [4.69, 9.17) is 10.3 Å². The van der Waals surface area contributed by atoms with Crippen LogP contribution in [0.15, 0.2) is 16.7 Å². The van der Waals surface area contributed by atoms with Crippen molar-refractivity contribution in [1.29, 1.82) is 0 Å². The highest BCUT2D eigenvalue weighted by Gasteiger charge is 2.35. The lowest BCUT2D eigenvalue weighted by molar-refractivity contribution is -0.141. The zero-order valence-corrected chi connectivity index (χ0v) is 8.12. The highest BCUT2D eigenvalue weighted by Crippen LogP contribution is 2.31. The van der Waals surface area contributed by atoms with E-state index in [9.17, 15) is 13.2 Å². The van der Waals surface area contributed by atoms with Gasteiger partial charge in [-0.1, -0.05) is 5.16 Å². The molecule has 2 aromatic heterocycles. The molecule has 0 atom stereocenters. The molecule has 8 heteroatoms. The second-order valence-corrected chi connectivity index (χ2v) is 3.15. The Bertz CT molecular complexity index is 514. The van der Waals surface area contributed by atoms with Crippen molar-refractivity contribution in [1.82, 2.24) is 14.9 Å². The Morgan fingerprint density at radius 2 is 2.06 bits per heavy atom. The summed E-state index contributed by atoms with van der Waals surface area (Å²) in [7, 11) is 1.38. The lowest BCUT2D eigenvalue weighted by atomic mass is 10.3. The van der Waals surface area contributed by atoms with Crippen LogP contribution in [0.5, 0.6) is 0 Å². The fourth-order valence-corrected chi connectivity index (χ4v) is 1.25. The third-order valence-corrected chi connectivity index (χ3v) is 1.95. The first-order valence-electron chi connectivity index (χ1n) is 4.22. The van der Waals surface area contributed by atoms with Crippen LogP contribution in [0.25, 0.3) is 11.5 Å². The summed E-state index contributed by atoms with van der Waals surface area (Å²) >= 11 is 0. The summed E-state index contributed by atoms with van der Waals surface area (Å²) in [6.07, 6.45) is -4.48. The average molecular weight is 232 g/mol. The van der Waals surface area contributed by atoms with Crippen molar-refractivity contribution < 1.29 is 17.7 Å². The van der Waals surface area contributed by atoms with Gasteiger partial charge < -0.3 is 10.3 Å². The Morgan fingerprint density at radius 3 is 2.50 bits per heavy atom. The van der Waals surface area contributed by atoms with Crippen LogP contribution in [0, 0.1) is 0 Å². The van der Waals surface area contributed by atoms with E-state index in [1.54, 1.807) is 0 Å². The summed E-state index contributed by atoms with van der Waals surface area (Å²) in [5.41, 5.74) is 4.48. The maximum Gasteiger partial charge on any atom is 0.435 e. The molecule has 0 aliphatic heterocycles. The normalized spacial score (nSPS) is 12.0. The lowest BCUT2D eigenvalue weighted by Gasteiger charge is -1.98. The number of hydrogen-bond acceptors (Lipinski definition) is 4. The molecule has 0 spiro atoms. The molecule has 5 nitrogen and oxygen atoms in total. The molecule has 0 aliphatic carbocycles. The first-order chi connectivity index (χ1) is 7.38.